The molecule has 3 amide bonds. The predicted octanol–water partition coefficient (Wildman–Crippen LogP) is 2.65. The Hall–Kier alpha value is -3.48. The summed E-state index contributed by atoms with van der Waals surface area (Å²) in [5, 5.41) is 9.32. The number of carboxylic acid groups (broad SMARTS) is 1. The van der Waals surface area contributed by atoms with Crippen LogP contribution < -0.4 is 5.43 Å². The van der Waals surface area contributed by atoms with Crippen LogP contribution >= 0.6 is 0 Å². The number of hydrogen-bond donors (Lipinski definition) is 2. The quantitative estimate of drug-likeness (QED) is 0.444. The Morgan fingerprint density at radius 2 is 1.19 bits per heavy atom. The van der Waals surface area contributed by atoms with Crippen molar-refractivity contribution in [3.8, 4) is 0 Å². The van der Waals surface area contributed by atoms with Crippen LogP contribution in [0.3, 0.4) is 0 Å². The SMILES string of the molecule is O=C(O)CCCCC(=O)NN(C(=O)c1ccccc1)C(=O)c1ccccc1. The molecule has 0 fully saturated rings. The molecule has 0 aliphatic heterocycles. The maximum Gasteiger partial charge on any atom is 0.303 e. The van der Waals surface area contributed by atoms with Gasteiger partial charge in [0.1, 0.15) is 0 Å². The van der Waals surface area contributed by atoms with Crippen LogP contribution in [0.25, 0.3) is 0 Å². The third-order valence-corrected chi connectivity index (χ3v) is 3.73. The molecule has 0 radical (unpaired) electrons. The Morgan fingerprint density at radius 3 is 1.63 bits per heavy atom. The zero-order chi connectivity index (χ0) is 19.6. The molecule has 2 N–H and O–H groups in total. The lowest BCUT2D eigenvalue weighted by Crippen LogP contribution is -2.49. The predicted molar refractivity (Wildman–Crippen MR) is 97.6 cm³/mol. The molecule has 0 heterocycles. The van der Waals surface area contributed by atoms with E-state index in [-0.39, 0.29) is 24.0 Å². The first-order chi connectivity index (χ1) is 13.0. The van der Waals surface area contributed by atoms with Gasteiger partial charge in [-0.25, -0.2) is 0 Å². The molecule has 2 rings (SSSR count). The van der Waals surface area contributed by atoms with Gasteiger partial charge in [-0.15, -0.1) is 0 Å². The van der Waals surface area contributed by atoms with Gasteiger partial charge < -0.3 is 5.11 Å². The molecule has 0 unspecified atom stereocenters. The fourth-order valence-corrected chi connectivity index (χ4v) is 2.36. The minimum Gasteiger partial charge on any atom is -0.481 e. The number of imide groups is 1. The topological polar surface area (TPSA) is 104 Å². The molecular formula is C20H20N2O5. The highest BCUT2D eigenvalue weighted by atomic mass is 16.4. The molecule has 0 aliphatic rings. The third-order valence-electron chi connectivity index (χ3n) is 3.73. The van der Waals surface area contributed by atoms with Gasteiger partial charge in [-0.05, 0) is 37.1 Å². The summed E-state index contributed by atoms with van der Waals surface area (Å²) in [6.07, 6.45) is 0.643. The van der Waals surface area contributed by atoms with Crippen molar-refractivity contribution in [2.45, 2.75) is 25.7 Å². The number of carboxylic acids is 1. The summed E-state index contributed by atoms with van der Waals surface area (Å²) in [4.78, 5) is 48.1. The molecule has 0 bridgehead atoms. The Kier molecular flexibility index (Phi) is 7.25. The summed E-state index contributed by atoms with van der Waals surface area (Å²) in [6, 6.07) is 16.3. The number of nitrogens with zero attached hydrogens (tertiary/aromatic N) is 1. The number of unbranched alkanes of at least 4 members (excludes halogenated alkanes) is 1. The van der Waals surface area contributed by atoms with Gasteiger partial charge in [-0.3, -0.25) is 24.6 Å². The summed E-state index contributed by atoms with van der Waals surface area (Å²) in [6.45, 7) is 0. The average Bonchev–Trinajstić information content (AvgIpc) is 2.69. The number of carbonyl (C=O) groups is 4. The van der Waals surface area contributed by atoms with E-state index in [1.165, 1.54) is 0 Å². The van der Waals surface area contributed by atoms with Gasteiger partial charge in [0, 0.05) is 24.0 Å². The zero-order valence-electron chi connectivity index (χ0n) is 14.6. The zero-order valence-corrected chi connectivity index (χ0v) is 14.6. The highest BCUT2D eigenvalue weighted by Crippen LogP contribution is 2.09. The van der Waals surface area contributed by atoms with Gasteiger partial charge >= 0.3 is 5.97 Å². The van der Waals surface area contributed by atoms with Crippen molar-refractivity contribution in [1.82, 2.24) is 10.4 Å². The Balaban J connectivity index is 2.12. The van der Waals surface area contributed by atoms with Crippen molar-refractivity contribution in [3.05, 3.63) is 71.8 Å². The van der Waals surface area contributed by atoms with Crippen LogP contribution in [-0.4, -0.2) is 33.8 Å². The highest BCUT2D eigenvalue weighted by molar-refractivity contribution is 6.11. The van der Waals surface area contributed by atoms with Gasteiger partial charge in [-0.2, -0.15) is 5.01 Å². The van der Waals surface area contributed by atoms with E-state index in [9.17, 15) is 19.2 Å². The molecule has 0 saturated heterocycles. The van der Waals surface area contributed by atoms with Crippen LogP contribution in [0.5, 0.6) is 0 Å². The lowest BCUT2D eigenvalue weighted by molar-refractivity contribution is -0.137. The number of hydrogen-bond acceptors (Lipinski definition) is 4. The normalized spacial score (nSPS) is 10.1. The van der Waals surface area contributed by atoms with E-state index < -0.39 is 23.7 Å². The fourth-order valence-electron chi connectivity index (χ4n) is 2.36. The number of benzene rings is 2. The molecule has 2 aromatic carbocycles. The highest BCUT2D eigenvalue weighted by Gasteiger charge is 2.26. The van der Waals surface area contributed by atoms with Crippen molar-refractivity contribution in [3.63, 3.8) is 0 Å². The first-order valence-electron chi connectivity index (χ1n) is 8.49. The van der Waals surface area contributed by atoms with E-state index >= 15 is 0 Å². The van der Waals surface area contributed by atoms with Gasteiger partial charge in [0.15, 0.2) is 0 Å². The van der Waals surface area contributed by atoms with Crippen LogP contribution in [0.15, 0.2) is 60.7 Å². The molecule has 7 heteroatoms. The maximum atomic E-state index is 12.7. The van der Waals surface area contributed by atoms with Gasteiger partial charge in [0.25, 0.3) is 11.8 Å². The second-order valence-electron chi connectivity index (χ2n) is 5.81. The Bertz CT molecular complexity index is 754. The minimum atomic E-state index is -0.935. The van der Waals surface area contributed by atoms with E-state index in [0.717, 1.165) is 0 Å². The van der Waals surface area contributed by atoms with E-state index in [1.807, 2.05) is 0 Å². The Labute approximate surface area is 156 Å². The lowest BCUT2D eigenvalue weighted by atomic mass is 10.1. The van der Waals surface area contributed by atoms with Crippen molar-refractivity contribution >= 4 is 23.7 Å². The number of rotatable bonds is 7. The average molecular weight is 368 g/mol. The van der Waals surface area contributed by atoms with Crippen molar-refractivity contribution in [2.75, 3.05) is 0 Å². The monoisotopic (exact) mass is 368 g/mol. The smallest absolute Gasteiger partial charge is 0.303 e. The number of nitrogens with one attached hydrogen (secondary N) is 1. The number of hydrazine groups is 1. The molecule has 0 aromatic heterocycles. The van der Waals surface area contributed by atoms with Crippen molar-refractivity contribution in [2.24, 2.45) is 0 Å². The second-order valence-corrected chi connectivity index (χ2v) is 5.81. The molecule has 0 saturated carbocycles. The third kappa shape index (κ3) is 6.07. The second kappa shape index (κ2) is 9.86. The molecule has 27 heavy (non-hydrogen) atoms. The molecule has 0 atom stereocenters. The largest absolute Gasteiger partial charge is 0.481 e. The van der Waals surface area contributed by atoms with E-state index in [1.54, 1.807) is 60.7 Å². The standard InChI is InChI=1S/C20H20N2O5/c23-17(13-7-8-14-18(24)25)21-22(19(26)15-9-3-1-4-10-15)20(27)16-11-5-2-6-12-16/h1-6,9-12H,7-8,13-14H2,(H,21,23)(H,24,25). The van der Waals surface area contributed by atoms with E-state index in [2.05, 4.69) is 5.43 Å². The molecule has 2 aromatic rings. The molecule has 140 valence electrons. The first-order valence-corrected chi connectivity index (χ1v) is 8.49. The van der Waals surface area contributed by atoms with E-state index in [4.69, 9.17) is 5.11 Å². The lowest BCUT2D eigenvalue weighted by Gasteiger charge is -2.21. The number of amides is 3. The number of aliphatic carboxylic acids is 1. The molecule has 7 nitrogen and oxygen atoms in total. The number of carbonyl (C=O) groups excluding carboxylic acids is 3. The molecule has 0 aliphatic carbocycles. The maximum absolute atomic E-state index is 12.7. The van der Waals surface area contributed by atoms with E-state index in [0.29, 0.717) is 17.9 Å². The first kappa shape index (κ1) is 19.8. The van der Waals surface area contributed by atoms with Crippen LogP contribution in [0.4, 0.5) is 0 Å². The summed E-state index contributed by atoms with van der Waals surface area (Å²) < 4.78 is 0. The van der Waals surface area contributed by atoms with Gasteiger partial charge in [0.2, 0.25) is 5.91 Å². The molecular weight excluding hydrogens is 348 g/mol. The summed E-state index contributed by atoms with van der Waals surface area (Å²) in [5.41, 5.74) is 2.86. The minimum absolute atomic E-state index is 0.00786. The molecule has 0 spiro atoms. The van der Waals surface area contributed by atoms with Crippen molar-refractivity contribution < 1.29 is 24.3 Å². The summed E-state index contributed by atoms with van der Waals surface area (Å²) in [7, 11) is 0. The van der Waals surface area contributed by atoms with Crippen LogP contribution in [0.1, 0.15) is 46.4 Å². The Morgan fingerprint density at radius 1 is 0.741 bits per heavy atom. The fraction of sp³-hybridized carbons (Fsp3) is 0.200. The van der Waals surface area contributed by atoms with Crippen molar-refractivity contribution in [1.29, 1.82) is 0 Å². The van der Waals surface area contributed by atoms with Crippen LogP contribution in [0.2, 0.25) is 0 Å². The van der Waals surface area contributed by atoms with Crippen LogP contribution in [0, 0.1) is 0 Å². The summed E-state index contributed by atoms with van der Waals surface area (Å²) in [5.74, 6) is -2.77. The van der Waals surface area contributed by atoms with Crippen LogP contribution in [-0.2, 0) is 9.59 Å². The van der Waals surface area contributed by atoms with Gasteiger partial charge in [-0.1, -0.05) is 36.4 Å². The summed E-state index contributed by atoms with van der Waals surface area (Å²) >= 11 is 0. The van der Waals surface area contributed by atoms with Gasteiger partial charge in [0.05, 0.1) is 0 Å².